The normalized spacial score (nSPS) is 36.6. The van der Waals surface area contributed by atoms with E-state index in [0.29, 0.717) is 18.4 Å². The summed E-state index contributed by atoms with van der Waals surface area (Å²) in [7, 11) is 0. The number of isocyanates is 4. The minimum absolute atomic E-state index is 0.00750. The standard InChI is InChI=1S/C17H26N2O2.C12H18N2O2/c1-12-7-14(3-5-16(12)18-10-20)9-15-4-6-17(19-11-21)13(2)8-15;1-11(2)4-10(14-9-16)5-12(3,6-11)7-13-8-15/h12-17H,3-9H2,1-2H3;10H,4-7H2,1-3H3. The van der Waals surface area contributed by atoms with E-state index in [4.69, 9.17) is 0 Å². The Morgan fingerprint density at radius 1 is 0.703 bits per heavy atom. The molecule has 0 aromatic carbocycles. The minimum atomic E-state index is -0.0653. The van der Waals surface area contributed by atoms with Gasteiger partial charge in [0.2, 0.25) is 24.3 Å². The van der Waals surface area contributed by atoms with Crippen molar-refractivity contribution in [2.24, 2.45) is 54.5 Å². The predicted octanol–water partition coefficient (Wildman–Crippen LogP) is 5.90. The summed E-state index contributed by atoms with van der Waals surface area (Å²) in [4.78, 5) is 56.7. The van der Waals surface area contributed by atoms with Gasteiger partial charge in [0.05, 0.1) is 24.7 Å². The molecule has 8 atom stereocenters. The van der Waals surface area contributed by atoms with Crippen LogP contribution >= 0.6 is 0 Å². The molecule has 0 aromatic heterocycles. The van der Waals surface area contributed by atoms with E-state index < -0.39 is 0 Å². The summed E-state index contributed by atoms with van der Waals surface area (Å²) in [6.07, 6.45) is 17.4. The topological polar surface area (TPSA) is 118 Å². The fraction of sp³-hybridized carbons (Fsp3) is 0.862. The predicted molar refractivity (Wildman–Crippen MR) is 142 cm³/mol. The number of hydrogen-bond acceptors (Lipinski definition) is 8. The minimum Gasteiger partial charge on any atom is -0.211 e. The zero-order chi connectivity index (χ0) is 27.5. The van der Waals surface area contributed by atoms with E-state index >= 15 is 0 Å². The van der Waals surface area contributed by atoms with Crippen LogP contribution in [0.5, 0.6) is 0 Å². The van der Waals surface area contributed by atoms with Gasteiger partial charge in [-0.15, -0.1) is 0 Å². The van der Waals surface area contributed by atoms with Crippen molar-refractivity contribution < 1.29 is 19.2 Å². The van der Waals surface area contributed by atoms with Crippen LogP contribution in [0.25, 0.3) is 0 Å². The fourth-order valence-corrected chi connectivity index (χ4v) is 7.49. The molecular formula is C29H44N4O4. The van der Waals surface area contributed by atoms with Crippen LogP contribution in [0.15, 0.2) is 20.0 Å². The lowest BCUT2D eigenvalue weighted by Crippen LogP contribution is -2.39. The van der Waals surface area contributed by atoms with Crippen molar-refractivity contribution in [3.63, 3.8) is 0 Å². The molecule has 37 heavy (non-hydrogen) atoms. The maximum atomic E-state index is 10.4. The number of aliphatic imine (C=N–C) groups is 4. The Morgan fingerprint density at radius 3 is 1.65 bits per heavy atom. The Morgan fingerprint density at radius 2 is 1.22 bits per heavy atom. The third-order valence-corrected chi connectivity index (χ3v) is 8.75. The molecule has 8 heteroatoms. The van der Waals surface area contributed by atoms with Gasteiger partial charge in [-0.25, -0.2) is 39.1 Å². The third-order valence-electron chi connectivity index (χ3n) is 8.75. The summed E-state index contributed by atoms with van der Waals surface area (Å²) in [5, 5.41) is 0. The molecule has 0 spiro atoms. The lowest BCUT2D eigenvalue weighted by molar-refractivity contribution is 0.0915. The Hall–Kier alpha value is -2.48. The van der Waals surface area contributed by atoms with Gasteiger partial charge < -0.3 is 0 Å². The first-order valence-corrected chi connectivity index (χ1v) is 13.8. The van der Waals surface area contributed by atoms with Crippen molar-refractivity contribution in [2.45, 2.75) is 117 Å². The van der Waals surface area contributed by atoms with Gasteiger partial charge in [-0.2, -0.15) is 0 Å². The molecule has 0 heterocycles. The first kappa shape index (κ1) is 30.7. The van der Waals surface area contributed by atoms with Gasteiger partial charge in [0.15, 0.2) is 0 Å². The quantitative estimate of drug-likeness (QED) is 0.312. The summed E-state index contributed by atoms with van der Waals surface area (Å²) in [6, 6.07) is 0.388. The maximum Gasteiger partial charge on any atom is 0.235 e. The average molecular weight is 513 g/mol. The number of rotatable bonds is 7. The van der Waals surface area contributed by atoms with Gasteiger partial charge in [-0.3, -0.25) is 0 Å². The SMILES string of the molecule is CC1(C)CC(N=C=O)CC(C)(CN=C=O)C1.CC1CC(CC2CCC(N=C=O)C(C)C2)CCC1N=C=O. The molecule has 3 saturated carbocycles. The molecule has 3 aliphatic carbocycles. The van der Waals surface area contributed by atoms with Crippen LogP contribution in [-0.2, 0) is 19.2 Å². The third kappa shape index (κ3) is 10.1. The fourth-order valence-electron chi connectivity index (χ4n) is 7.49. The van der Waals surface area contributed by atoms with Crippen LogP contribution in [0.3, 0.4) is 0 Å². The second-order valence-electron chi connectivity index (χ2n) is 13.0. The molecule has 0 N–H and O–H groups in total. The van der Waals surface area contributed by atoms with E-state index in [-0.39, 0.29) is 29.0 Å². The van der Waals surface area contributed by atoms with Crippen molar-refractivity contribution in [1.82, 2.24) is 0 Å². The second kappa shape index (κ2) is 14.5. The highest BCUT2D eigenvalue weighted by molar-refractivity contribution is 5.35. The van der Waals surface area contributed by atoms with Crippen LogP contribution in [0.4, 0.5) is 0 Å². The average Bonchev–Trinajstić information content (AvgIpc) is 2.81. The highest BCUT2D eigenvalue weighted by Gasteiger charge is 2.41. The van der Waals surface area contributed by atoms with Crippen molar-refractivity contribution in [1.29, 1.82) is 0 Å². The molecule has 3 rings (SSSR count). The molecule has 3 aliphatic rings. The van der Waals surface area contributed by atoms with E-state index in [1.165, 1.54) is 32.1 Å². The lowest BCUT2D eigenvalue weighted by Gasteiger charge is -2.44. The number of nitrogens with zero attached hydrogens (tertiary/aromatic N) is 4. The van der Waals surface area contributed by atoms with Crippen molar-refractivity contribution in [3.05, 3.63) is 0 Å². The molecule has 0 bridgehead atoms. The Balaban J connectivity index is 0.000000271. The van der Waals surface area contributed by atoms with Crippen LogP contribution in [-0.4, -0.2) is 49.0 Å². The van der Waals surface area contributed by atoms with Crippen LogP contribution < -0.4 is 0 Å². The Bertz CT molecular complexity index is 902. The highest BCUT2D eigenvalue weighted by atomic mass is 16.1. The van der Waals surface area contributed by atoms with Crippen LogP contribution in [0.2, 0.25) is 0 Å². The van der Waals surface area contributed by atoms with Gasteiger partial charge in [0.25, 0.3) is 0 Å². The second-order valence-corrected chi connectivity index (χ2v) is 13.0. The van der Waals surface area contributed by atoms with Crippen LogP contribution in [0.1, 0.15) is 98.8 Å². The molecule has 0 radical (unpaired) electrons. The Labute approximate surface area is 221 Å². The van der Waals surface area contributed by atoms with E-state index in [1.807, 2.05) is 0 Å². The van der Waals surface area contributed by atoms with E-state index in [1.54, 1.807) is 24.3 Å². The number of carbonyl (C=O) groups excluding carboxylic acids is 4. The van der Waals surface area contributed by atoms with Crippen LogP contribution in [0, 0.1) is 34.5 Å². The van der Waals surface area contributed by atoms with Gasteiger partial charge in [-0.1, -0.05) is 34.6 Å². The number of hydrogen-bond donors (Lipinski definition) is 0. The van der Waals surface area contributed by atoms with Crippen molar-refractivity contribution >= 4 is 24.3 Å². The molecule has 0 aliphatic heterocycles. The molecule has 8 unspecified atom stereocenters. The van der Waals surface area contributed by atoms with Crippen molar-refractivity contribution in [2.75, 3.05) is 6.54 Å². The molecule has 0 aromatic rings. The van der Waals surface area contributed by atoms with E-state index in [0.717, 1.165) is 43.9 Å². The van der Waals surface area contributed by atoms with E-state index in [2.05, 4.69) is 54.6 Å². The summed E-state index contributed by atoms with van der Waals surface area (Å²) in [6.45, 7) is 11.3. The monoisotopic (exact) mass is 512 g/mol. The van der Waals surface area contributed by atoms with Gasteiger partial charge in [-0.05, 0) is 98.7 Å². The lowest BCUT2D eigenvalue weighted by atomic mass is 9.63. The van der Waals surface area contributed by atoms with Crippen molar-refractivity contribution in [3.8, 4) is 0 Å². The first-order chi connectivity index (χ1) is 17.5. The summed E-state index contributed by atoms with van der Waals surface area (Å²) >= 11 is 0. The summed E-state index contributed by atoms with van der Waals surface area (Å²) < 4.78 is 0. The smallest absolute Gasteiger partial charge is 0.211 e. The highest BCUT2D eigenvalue weighted by Crippen LogP contribution is 2.47. The Kier molecular flexibility index (Phi) is 12.0. The summed E-state index contributed by atoms with van der Waals surface area (Å²) in [5.41, 5.74) is 0.0561. The van der Waals surface area contributed by atoms with Gasteiger partial charge in [0.1, 0.15) is 0 Å². The molecule has 8 nitrogen and oxygen atoms in total. The zero-order valence-electron chi connectivity index (χ0n) is 23.2. The van der Waals surface area contributed by atoms with Gasteiger partial charge in [0, 0.05) is 0 Å². The van der Waals surface area contributed by atoms with Gasteiger partial charge >= 0.3 is 0 Å². The largest absolute Gasteiger partial charge is 0.235 e. The maximum absolute atomic E-state index is 10.4. The molecular weight excluding hydrogens is 468 g/mol. The molecule has 0 saturated heterocycles. The van der Waals surface area contributed by atoms with E-state index in [9.17, 15) is 19.2 Å². The summed E-state index contributed by atoms with van der Waals surface area (Å²) in [5.74, 6) is 2.53. The molecule has 0 amide bonds. The first-order valence-electron chi connectivity index (χ1n) is 13.8. The molecule has 3 fully saturated rings. The molecule has 204 valence electrons. The zero-order valence-corrected chi connectivity index (χ0v) is 23.2.